The molecule has 0 heterocycles. The highest BCUT2D eigenvalue weighted by Gasteiger charge is 2.55. The second-order valence-corrected chi connectivity index (χ2v) is 8.57. The minimum absolute atomic E-state index is 0.826. The van der Waals surface area contributed by atoms with E-state index in [9.17, 15) is 0 Å². The molecule has 0 aromatic carbocycles. The first-order chi connectivity index (χ1) is 9.33. The summed E-state index contributed by atoms with van der Waals surface area (Å²) in [7, 11) is 0. The van der Waals surface area contributed by atoms with Crippen molar-refractivity contribution in [1.82, 2.24) is 0 Å². The van der Waals surface area contributed by atoms with Gasteiger partial charge in [-0.1, -0.05) is 38.5 Å². The van der Waals surface area contributed by atoms with E-state index in [1.807, 2.05) is 0 Å². The highest BCUT2D eigenvalue weighted by Crippen LogP contribution is 2.66. The molecule has 0 aromatic heterocycles. The molecule has 108 valence electrons. The van der Waals surface area contributed by atoms with Gasteiger partial charge in [0.15, 0.2) is 0 Å². The third kappa shape index (κ3) is 2.00. The van der Waals surface area contributed by atoms with Crippen LogP contribution < -0.4 is 0 Å². The number of rotatable bonds is 0. The van der Waals surface area contributed by atoms with Gasteiger partial charge in [-0.05, 0) is 80.5 Å². The van der Waals surface area contributed by atoms with Gasteiger partial charge in [0.05, 0.1) is 0 Å². The Morgan fingerprint density at radius 1 is 0.474 bits per heavy atom. The van der Waals surface area contributed by atoms with Crippen LogP contribution in [-0.2, 0) is 0 Å². The summed E-state index contributed by atoms with van der Waals surface area (Å²) in [6.07, 6.45) is 23.8. The van der Waals surface area contributed by atoms with Crippen molar-refractivity contribution >= 4 is 0 Å². The van der Waals surface area contributed by atoms with Crippen molar-refractivity contribution in [3.63, 3.8) is 0 Å². The van der Waals surface area contributed by atoms with Gasteiger partial charge in [-0.3, -0.25) is 0 Å². The zero-order chi connectivity index (χ0) is 12.8. The van der Waals surface area contributed by atoms with Gasteiger partial charge in [0.1, 0.15) is 0 Å². The second kappa shape index (κ2) is 4.78. The van der Waals surface area contributed by atoms with Gasteiger partial charge in [-0.2, -0.15) is 0 Å². The predicted octanol–water partition coefficient (Wildman–Crippen LogP) is 6.10. The van der Waals surface area contributed by atoms with Crippen LogP contribution in [0.3, 0.4) is 0 Å². The molecular formula is C19H32. The van der Waals surface area contributed by atoms with Gasteiger partial charge in [-0.25, -0.2) is 0 Å². The minimum atomic E-state index is 0.826. The third-order valence-electron chi connectivity index (χ3n) is 7.87. The standard InChI is InChI=1S/C19H32/c1-2-7-16-9-6-10-17(8-3-1)19-12-5-4-11-18(16,15-19)13-14-19/h16-17H,1-15H2/t16?,17?,18-,19?/m1/s1. The highest BCUT2D eigenvalue weighted by molar-refractivity contribution is 5.06. The molecular weight excluding hydrogens is 228 g/mol. The lowest BCUT2D eigenvalue weighted by Gasteiger charge is -2.45. The summed E-state index contributed by atoms with van der Waals surface area (Å²) in [6, 6.07) is 0. The summed E-state index contributed by atoms with van der Waals surface area (Å²) in [5.74, 6) is 2.23. The molecule has 3 unspecified atom stereocenters. The molecule has 5 fully saturated rings. The van der Waals surface area contributed by atoms with Gasteiger partial charge in [0, 0.05) is 0 Å². The third-order valence-corrected chi connectivity index (χ3v) is 7.87. The molecule has 5 aliphatic rings. The van der Waals surface area contributed by atoms with Gasteiger partial charge in [0.25, 0.3) is 0 Å². The van der Waals surface area contributed by atoms with Gasteiger partial charge in [-0.15, -0.1) is 0 Å². The molecule has 5 rings (SSSR count). The maximum absolute atomic E-state index is 1.66. The van der Waals surface area contributed by atoms with E-state index in [-0.39, 0.29) is 0 Å². The lowest BCUT2D eigenvalue weighted by Crippen LogP contribution is -2.35. The van der Waals surface area contributed by atoms with Crippen LogP contribution in [0.4, 0.5) is 0 Å². The van der Waals surface area contributed by atoms with Crippen molar-refractivity contribution in [2.45, 2.75) is 96.3 Å². The van der Waals surface area contributed by atoms with Crippen molar-refractivity contribution in [2.24, 2.45) is 22.7 Å². The van der Waals surface area contributed by atoms with Gasteiger partial charge >= 0.3 is 0 Å². The quantitative estimate of drug-likeness (QED) is 0.494. The summed E-state index contributed by atoms with van der Waals surface area (Å²) in [5, 5.41) is 0. The zero-order valence-electron chi connectivity index (χ0n) is 12.8. The van der Waals surface area contributed by atoms with Crippen LogP contribution in [-0.4, -0.2) is 0 Å². The van der Waals surface area contributed by atoms with E-state index in [0.29, 0.717) is 0 Å². The average molecular weight is 260 g/mol. The smallest absolute Gasteiger partial charge is 0.0264 e. The summed E-state index contributed by atoms with van der Waals surface area (Å²) in [6.45, 7) is 0. The number of fused-ring (bicyclic) bond motifs is 6. The predicted molar refractivity (Wildman–Crippen MR) is 81.1 cm³/mol. The number of hydrogen-bond acceptors (Lipinski definition) is 0. The van der Waals surface area contributed by atoms with Crippen molar-refractivity contribution < 1.29 is 0 Å². The molecule has 5 aliphatic carbocycles. The molecule has 0 nitrogen and oxygen atoms in total. The molecule has 0 amide bonds. The van der Waals surface area contributed by atoms with E-state index < -0.39 is 0 Å². The lowest BCUT2D eigenvalue weighted by atomic mass is 9.60. The summed E-state index contributed by atoms with van der Waals surface area (Å²) in [5.41, 5.74) is 1.65. The Balaban J connectivity index is 1.75. The Labute approximate surface area is 119 Å². The van der Waals surface area contributed by atoms with Gasteiger partial charge < -0.3 is 0 Å². The molecule has 0 radical (unpaired) electrons. The summed E-state index contributed by atoms with van der Waals surface area (Å²) in [4.78, 5) is 0. The van der Waals surface area contributed by atoms with E-state index in [4.69, 9.17) is 0 Å². The normalized spacial score (nSPS) is 50.5. The molecule has 0 heteroatoms. The van der Waals surface area contributed by atoms with Crippen LogP contribution >= 0.6 is 0 Å². The molecule has 0 aromatic rings. The Bertz CT molecular complexity index is 299. The average Bonchev–Trinajstić information content (AvgIpc) is 2.68. The highest BCUT2D eigenvalue weighted by atomic mass is 14.6. The van der Waals surface area contributed by atoms with Crippen LogP contribution in [0, 0.1) is 22.7 Å². The topological polar surface area (TPSA) is 0 Å². The molecule has 5 saturated carbocycles. The molecule has 4 bridgehead atoms. The maximum Gasteiger partial charge on any atom is -0.0264 e. The largest absolute Gasteiger partial charge is 0.0533 e. The fraction of sp³-hybridized carbons (Fsp3) is 1.00. The molecule has 19 heavy (non-hydrogen) atoms. The first-order valence-corrected chi connectivity index (χ1v) is 9.33. The van der Waals surface area contributed by atoms with Crippen LogP contribution in [0.15, 0.2) is 0 Å². The monoisotopic (exact) mass is 260 g/mol. The molecule has 0 spiro atoms. The van der Waals surface area contributed by atoms with Crippen molar-refractivity contribution in [3.8, 4) is 0 Å². The Kier molecular flexibility index (Phi) is 3.20. The zero-order valence-corrected chi connectivity index (χ0v) is 12.8. The van der Waals surface area contributed by atoms with Crippen LogP contribution in [0.25, 0.3) is 0 Å². The van der Waals surface area contributed by atoms with E-state index in [2.05, 4.69) is 0 Å². The molecule has 4 atom stereocenters. The first kappa shape index (κ1) is 12.7. The second-order valence-electron chi connectivity index (χ2n) is 8.57. The van der Waals surface area contributed by atoms with Crippen LogP contribution in [0.5, 0.6) is 0 Å². The van der Waals surface area contributed by atoms with Crippen molar-refractivity contribution in [3.05, 3.63) is 0 Å². The molecule has 0 aliphatic heterocycles. The maximum atomic E-state index is 1.66. The van der Waals surface area contributed by atoms with Crippen molar-refractivity contribution in [1.29, 1.82) is 0 Å². The van der Waals surface area contributed by atoms with Crippen molar-refractivity contribution in [2.75, 3.05) is 0 Å². The fourth-order valence-corrected chi connectivity index (χ4v) is 6.94. The molecule has 0 N–H and O–H groups in total. The van der Waals surface area contributed by atoms with E-state index in [1.165, 1.54) is 0 Å². The van der Waals surface area contributed by atoms with E-state index in [0.717, 1.165) is 22.7 Å². The van der Waals surface area contributed by atoms with Gasteiger partial charge in [0.2, 0.25) is 0 Å². The SMILES string of the molecule is C1CCC2CCCC(CC1)[C@]13CCCCC2(CC1)C3. The Morgan fingerprint density at radius 2 is 1.00 bits per heavy atom. The van der Waals surface area contributed by atoms with E-state index >= 15 is 0 Å². The first-order valence-electron chi connectivity index (χ1n) is 9.33. The fourth-order valence-electron chi connectivity index (χ4n) is 6.94. The minimum Gasteiger partial charge on any atom is -0.0533 e. The lowest BCUT2D eigenvalue weighted by molar-refractivity contribution is 0.0523. The number of hydrogen-bond donors (Lipinski definition) is 0. The Hall–Kier alpha value is 0. The van der Waals surface area contributed by atoms with Crippen LogP contribution in [0.1, 0.15) is 96.3 Å². The Morgan fingerprint density at radius 3 is 1.58 bits per heavy atom. The summed E-state index contributed by atoms with van der Waals surface area (Å²) >= 11 is 0. The molecule has 0 saturated heterocycles. The van der Waals surface area contributed by atoms with E-state index in [1.54, 1.807) is 96.3 Å². The van der Waals surface area contributed by atoms with Crippen LogP contribution in [0.2, 0.25) is 0 Å². The summed E-state index contributed by atoms with van der Waals surface area (Å²) < 4.78 is 0.